The van der Waals surface area contributed by atoms with Crippen molar-refractivity contribution >= 4 is 17.0 Å². The minimum Gasteiger partial charge on any atom is -0.341 e. The van der Waals surface area contributed by atoms with Gasteiger partial charge in [0.05, 0.1) is 12.4 Å². The summed E-state index contributed by atoms with van der Waals surface area (Å²) < 4.78 is 0. The Kier molecular flexibility index (Phi) is 5.01. The molecule has 0 aliphatic heterocycles. The van der Waals surface area contributed by atoms with E-state index < -0.39 is 0 Å². The molecule has 0 radical (unpaired) electrons. The Bertz CT molecular complexity index is 506. The van der Waals surface area contributed by atoms with Gasteiger partial charge < -0.3 is 4.90 Å². The maximum atomic E-state index is 4.57. The first-order valence-electron chi connectivity index (χ1n) is 7.02. The summed E-state index contributed by atoms with van der Waals surface area (Å²) in [6, 6.07) is 0. The van der Waals surface area contributed by atoms with E-state index in [2.05, 4.69) is 38.7 Å². The Morgan fingerprint density at radius 3 is 2.37 bits per heavy atom. The fourth-order valence-electron chi connectivity index (χ4n) is 1.93. The molecule has 0 aromatic carbocycles. The van der Waals surface area contributed by atoms with Crippen LogP contribution in [-0.4, -0.2) is 33.0 Å². The molecule has 0 fully saturated rings. The Morgan fingerprint density at radius 1 is 0.947 bits per heavy atom. The van der Waals surface area contributed by atoms with Crippen molar-refractivity contribution in [1.82, 2.24) is 19.9 Å². The summed E-state index contributed by atoms with van der Waals surface area (Å²) in [4.78, 5) is 19.4. The minimum atomic E-state index is 0.796. The second kappa shape index (κ2) is 6.97. The van der Waals surface area contributed by atoms with Crippen LogP contribution in [0.25, 0.3) is 11.0 Å². The first-order valence-corrected chi connectivity index (χ1v) is 7.02. The molecule has 2 aromatic rings. The first kappa shape index (κ1) is 13.6. The molecular weight excluding hydrogens is 238 g/mol. The zero-order valence-corrected chi connectivity index (χ0v) is 11.7. The zero-order valence-electron chi connectivity index (χ0n) is 11.7. The van der Waals surface area contributed by atoms with Crippen LogP contribution in [0.15, 0.2) is 18.7 Å². The number of anilines is 1. The van der Waals surface area contributed by atoms with Crippen molar-refractivity contribution in [1.29, 1.82) is 0 Å². The molecule has 0 unspecified atom stereocenters. The van der Waals surface area contributed by atoms with Crippen molar-refractivity contribution in [3.63, 3.8) is 0 Å². The average Bonchev–Trinajstić information content (AvgIpc) is 2.47. The molecule has 0 saturated heterocycles. The number of aromatic nitrogens is 4. The third-order valence-electron chi connectivity index (χ3n) is 3.09. The average molecular weight is 259 g/mol. The summed E-state index contributed by atoms with van der Waals surface area (Å²) in [6.45, 7) is 6.42. The van der Waals surface area contributed by atoms with Crippen molar-refractivity contribution in [3.05, 3.63) is 18.7 Å². The molecule has 2 aromatic heterocycles. The number of nitrogens with zero attached hydrogens (tertiary/aromatic N) is 5. The third kappa shape index (κ3) is 3.59. The maximum Gasteiger partial charge on any atom is 0.226 e. The van der Waals surface area contributed by atoms with E-state index in [-0.39, 0.29) is 0 Å². The summed E-state index contributed by atoms with van der Waals surface area (Å²) in [5.74, 6) is 0.796. The lowest BCUT2D eigenvalue weighted by atomic mass is 10.3. The smallest absolute Gasteiger partial charge is 0.226 e. The number of unbranched alkanes of at least 4 members (excludes halogenated alkanes) is 2. The molecular formula is C14H21N5. The second-order valence-electron chi connectivity index (χ2n) is 4.66. The summed E-state index contributed by atoms with van der Waals surface area (Å²) >= 11 is 0. The van der Waals surface area contributed by atoms with Gasteiger partial charge in [-0.05, 0) is 12.8 Å². The van der Waals surface area contributed by atoms with E-state index >= 15 is 0 Å². The van der Waals surface area contributed by atoms with Crippen molar-refractivity contribution in [3.8, 4) is 0 Å². The summed E-state index contributed by atoms with van der Waals surface area (Å²) in [7, 11) is 0. The van der Waals surface area contributed by atoms with E-state index in [9.17, 15) is 0 Å². The van der Waals surface area contributed by atoms with Gasteiger partial charge >= 0.3 is 0 Å². The lowest BCUT2D eigenvalue weighted by Gasteiger charge is -2.22. The highest BCUT2D eigenvalue weighted by atomic mass is 15.2. The summed E-state index contributed by atoms with van der Waals surface area (Å²) in [6.07, 6.45) is 9.73. The fraction of sp³-hybridized carbons (Fsp3) is 0.571. The molecule has 0 saturated carbocycles. The van der Waals surface area contributed by atoms with E-state index in [1.165, 1.54) is 19.2 Å². The SMILES string of the molecule is CCCCN(CCCC)c1ncc2ncncc2n1. The maximum absolute atomic E-state index is 4.57. The number of fused-ring (bicyclic) bond motifs is 1. The summed E-state index contributed by atoms with van der Waals surface area (Å²) in [5, 5.41) is 0. The Hall–Kier alpha value is -1.78. The van der Waals surface area contributed by atoms with Crippen LogP contribution in [0, 0.1) is 0 Å². The number of rotatable bonds is 7. The molecule has 102 valence electrons. The predicted octanol–water partition coefficient (Wildman–Crippen LogP) is 2.83. The van der Waals surface area contributed by atoms with Crippen molar-refractivity contribution in [2.45, 2.75) is 39.5 Å². The highest BCUT2D eigenvalue weighted by Crippen LogP contribution is 2.13. The minimum absolute atomic E-state index is 0.796. The van der Waals surface area contributed by atoms with Gasteiger partial charge in [-0.3, -0.25) is 0 Å². The zero-order chi connectivity index (χ0) is 13.5. The van der Waals surface area contributed by atoms with E-state index in [0.717, 1.165) is 42.9 Å². The molecule has 5 heteroatoms. The van der Waals surface area contributed by atoms with Gasteiger partial charge in [-0.2, -0.15) is 0 Å². The van der Waals surface area contributed by atoms with Gasteiger partial charge in [-0.1, -0.05) is 26.7 Å². The molecule has 0 aliphatic carbocycles. The Balaban J connectivity index is 2.21. The van der Waals surface area contributed by atoms with Crippen LogP contribution < -0.4 is 4.90 Å². The molecule has 5 nitrogen and oxygen atoms in total. The second-order valence-corrected chi connectivity index (χ2v) is 4.66. The first-order chi connectivity index (χ1) is 9.35. The molecule has 0 aliphatic rings. The van der Waals surface area contributed by atoms with E-state index in [1.807, 2.05) is 0 Å². The molecule has 0 atom stereocenters. The topological polar surface area (TPSA) is 54.8 Å². The highest BCUT2D eigenvalue weighted by Gasteiger charge is 2.09. The quantitative estimate of drug-likeness (QED) is 0.765. The van der Waals surface area contributed by atoms with E-state index in [1.54, 1.807) is 12.4 Å². The normalized spacial score (nSPS) is 10.8. The van der Waals surface area contributed by atoms with Crippen LogP contribution in [0.5, 0.6) is 0 Å². The van der Waals surface area contributed by atoms with E-state index in [0.29, 0.717) is 0 Å². The van der Waals surface area contributed by atoms with Crippen molar-refractivity contribution in [2.24, 2.45) is 0 Å². The van der Waals surface area contributed by atoms with E-state index in [4.69, 9.17) is 0 Å². The molecule has 0 bridgehead atoms. The van der Waals surface area contributed by atoms with Crippen molar-refractivity contribution in [2.75, 3.05) is 18.0 Å². The van der Waals surface area contributed by atoms with Crippen molar-refractivity contribution < 1.29 is 0 Å². The van der Waals surface area contributed by atoms with Crippen LogP contribution in [0.2, 0.25) is 0 Å². The van der Waals surface area contributed by atoms with Gasteiger partial charge in [-0.25, -0.2) is 19.9 Å². The van der Waals surface area contributed by atoms with Crippen LogP contribution in [0.3, 0.4) is 0 Å². The van der Waals surface area contributed by atoms with Crippen LogP contribution in [-0.2, 0) is 0 Å². The van der Waals surface area contributed by atoms with Gasteiger partial charge in [0.15, 0.2) is 0 Å². The van der Waals surface area contributed by atoms with Gasteiger partial charge in [0.25, 0.3) is 0 Å². The highest BCUT2D eigenvalue weighted by molar-refractivity contribution is 5.72. The van der Waals surface area contributed by atoms with Crippen LogP contribution >= 0.6 is 0 Å². The van der Waals surface area contributed by atoms with Crippen LogP contribution in [0.4, 0.5) is 5.95 Å². The Morgan fingerprint density at radius 2 is 1.68 bits per heavy atom. The van der Waals surface area contributed by atoms with Gasteiger partial charge in [-0.15, -0.1) is 0 Å². The third-order valence-corrected chi connectivity index (χ3v) is 3.09. The monoisotopic (exact) mass is 259 g/mol. The lowest BCUT2D eigenvalue weighted by Crippen LogP contribution is -2.27. The standard InChI is InChI=1S/C14H21N5/c1-3-5-7-19(8-6-4-2)14-16-10-12-13(18-14)9-15-11-17-12/h9-11H,3-8H2,1-2H3. The lowest BCUT2D eigenvalue weighted by molar-refractivity contribution is 0.664. The van der Waals surface area contributed by atoms with Gasteiger partial charge in [0.1, 0.15) is 17.4 Å². The van der Waals surface area contributed by atoms with Crippen LogP contribution in [0.1, 0.15) is 39.5 Å². The molecule has 0 spiro atoms. The molecule has 0 amide bonds. The largest absolute Gasteiger partial charge is 0.341 e. The molecule has 0 N–H and O–H groups in total. The molecule has 19 heavy (non-hydrogen) atoms. The van der Waals surface area contributed by atoms with Gasteiger partial charge in [0.2, 0.25) is 5.95 Å². The number of hydrogen-bond acceptors (Lipinski definition) is 5. The summed E-state index contributed by atoms with van der Waals surface area (Å²) in [5.41, 5.74) is 1.61. The Labute approximate surface area is 114 Å². The van der Waals surface area contributed by atoms with Gasteiger partial charge in [0, 0.05) is 13.1 Å². The molecule has 2 heterocycles. The number of hydrogen-bond donors (Lipinski definition) is 0. The fourth-order valence-corrected chi connectivity index (χ4v) is 1.93. The predicted molar refractivity (Wildman–Crippen MR) is 77.2 cm³/mol. The molecule has 2 rings (SSSR count).